The summed E-state index contributed by atoms with van der Waals surface area (Å²) in [6.45, 7) is 8.82. The molecular weight excluding hydrogens is 230 g/mol. The summed E-state index contributed by atoms with van der Waals surface area (Å²) in [4.78, 5) is 0. The van der Waals surface area contributed by atoms with Crippen molar-refractivity contribution in [1.82, 2.24) is 0 Å². The molecule has 0 amide bonds. The Bertz CT molecular complexity index is 258. The third kappa shape index (κ3) is 2.30. The lowest BCUT2D eigenvalue weighted by molar-refractivity contribution is 0.0768. The normalized spacial score (nSPS) is 23.1. The van der Waals surface area contributed by atoms with Crippen LogP contribution in [0.4, 0.5) is 0 Å². The van der Waals surface area contributed by atoms with Crippen molar-refractivity contribution in [3.63, 3.8) is 0 Å². The molecule has 1 rings (SSSR count). The maximum atomic E-state index is 5.58. The SMILES string of the molecule is C=CC1=C(C(=C)Br)CCOC1CN. The lowest BCUT2D eigenvalue weighted by atomic mass is 9.98. The molecule has 0 aromatic rings. The van der Waals surface area contributed by atoms with Crippen molar-refractivity contribution >= 4 is 15.9 Å². The Morgan fingerprint density at radius 1 is 1.77 bits per heavy atom. The highest BCUT2D eigenvalue weighted by Gasteiger charge is 2.20. The minimum Gasteiger partial charge on any atom is -0.372 e. The fourth-order valence-corrected chi connectivity index (χ4v) is 1.90. The zero-order chi connectivity index (χ0) is 9.84. The third-order valence-electron chi connectivity index (χ3n) is 2.13. The lowest BCUT2D eigenvalue weighted by Gasteiger charge is -2.26. The van der Waals surface area contributed by atoms with Crippen LogP contribution in [-0.4, -0.2) is 19.3 Å². The van der Waals surface area contributed by atoms with Gasteiger partial charge in [-0.05, 0) is 17.6 Å². The van der Waals surface area contributed by atoms with Gasteiger partial charge in [0.15, 0.2) is 0 Å². The fraction of sp³-hybridized carbons (Fsp3) is 0.400. The molecule has 13 heavy (non-hydrogen) atoms. The van der Waals surface area contributed by atoms with Gasteiger partial charge in [0.25, 0.3) is 0 Å². The van der Waals surface area contributed by atoms with Crippen LogP contribution in [-0.2, 0) is 4.74 Å². The number of hydrogen-bond donors (Lipinski definition) is 1. The van der Waals surface area contributed by atoms with Gasteiger partial charge in [0.1, 0.15) is 0 Å². The van der Waals surface area contributed by atoms with Crippen LogP contribution in [0, 0.1) is 0 Å². The van der Waals surface area contributed by atoms with Gasteiger partial charge in [-0.25, -0.2) is 0 Å². The molecular formula is C10H14BrNO. The van der Waals surface area contributed by atoms with Gasteiger partial charge >= 0.3 is 0 Å². The average molecular weight is 244 g/mol. The van der Waals surface area contributed by atoms with Crippen LogP contribution >= 0.6 is 15.9 Å². The number of ether oxygens (including phenoxy) is 1. The first-order chi connectivity index (χ1) is 6.20. The van der Waals surface area contributed by atoms with Crippen LogP contribution in [0.25, 0.3) is 0 Å². The molecule has 0 aromatic carbocycles. The predicted octanol–water partition coefficient (Wildman–Crippen LogP) is 2.13. The molecule has 1 unspecified atom stereocenters. The molecule has 1 aliphatic rings. The average Bonchev–Trinajstić information content (AvgIpc) is 2.16. The Balaban J connectivity index is 3.01. The van der Waals surface area contributed by atoms with E-state index in [4.69, 9.17) is 10.5 Å². The molecule has 2 nitrogen and oxygen atoms in total. The monoisotopic (exact) mass is 243 g/mol. The van der Waals surface area contributed by atoms with Gasteiger partial charge in [-0.15, -0.1) is 0 Å². The van der Waals surface area contributed by atoms with Crippen LogP contribution in [0.3, 0.4) is 0 Å². The summed E-state index contributed by atoms with van der Waals surface area (Å²) in [5.41, 5.74) is 7.82. The lowest BCUT2D eigenvalue weighted by Crippen LogP contribution is -2.30. The van der Waals surface area contributed by atoms with E-state index in [9.17, 15) is 0 Å². The predicted molar refractivity (Wildman–Crippen MR) is 58.7 cm³/mol. The molecule has 1 atom stereocenters. The number of halogens is 1. The minimum atomic E-state index is -0.0180. The van der Waals surface area contributed by atoms with Crippen molar-refractivity contribution < 1.29 is 4.74 Å². The molecule has 3 heteroatoms. The fourth-order valence-electron chi connectivity index (χ4n) is 1.47. The van der Waals surface area contributed by atoms with Gasteiger partial charge in [-0.3, -0.25) is 0 Å². The van der Waals surface area contributed by atoms with E-state index in [1.54, 1.807) is 6.08 Å². The highest BCUT2D eigenvalue weighted by Crippen LogP contribution is 2.29. The van der Waals surface area contributed by atoms with Crippen molar-refractivity contribution in [2.45, 2.75) is 12.5 Å². The van der Waals surface area contributed by atoms with Crippen LogP contribution in [0.5, 0.6) is 0 Å². The molecule has 0 saturated heterocycles. The molecule has 72 valence electrons. The topological polar surface area (TPSA) is 35.2 Å². The molecule has 0 aromatic heterocycles. The van der Waals surface area contributed by atoms with Gasteiger partial charge in [-0.2, -0.15) is 0 Å². The van der Waals surface area contributed by atoms with E-state index < -0.39 is 0 Å². The molecule has 0 radical (unpaired) electrons. The summed E-state index contributed by atoms with van der Waals surface area (Å²) >= 11 is 3.38. The third-order valence-corrected chi connectivity index (χ3v) is 2.61. The Labute approximate surface area is 87.3 Å². The van der Waals surface area contributed by atoms with Gasteiger partial charge in [-0.1, -0.05) is 35.2 Å². The first-order valence-corrected chi connectivity index (χ1v) is 5.02. The van der Waals surface area contributed by atoms with Crippen LogP contribution < -0.4 is 5.73 Å². The van der Waals surface area contributed by atoms with E-state index in [1.807, 2.05) is 0 Å². The van der Waals surface area contributed by atoms with E-state index in [0.29, 0.717) is 13.2 Å². The summed E-state index contributed by atoms with van der Waals surface area (Å²) < 4.78 is 6.40. The number of allylic oxidation sites excluding steroid dienone is 1. The second kappa shape index (κ2) is 4.74. The standard InChI is InChI=1S/C10H14BrNO/c1-3-8-9(7(2)11)4-5-13-10(8)6-12/h3,10H,1-2,4-6,12H2. The zero-order valence-electron chi connectivity index (χ0n) is 7.55. The van der Waals surface area contributed by atoms with Crippen molar-refractivity contribution in [2.24, 2.45) is 5.73 Å². The molecule has 0 fully saturated rings. The first kappa shape index (κ1) is 10.7. The summed E-state index contributed by atoms with van der Waals surface area (Å²) in [5, 5.41) is 0. The van der Waals surface area contributed by atoms with Crippen molar-refractivity contribution in [3.8, 4) is 0 Å². The number of rotatable bonds is 3. The molecule has 2 N–H and O–H groups in total. The molecule has 0 spiro atoms. The summed E-state index contributed by atoms with van der Waals surface area (Å²) in [6, 6.07) is 0. The summed E-state index contributed by atoms with van der Waals surface area (Å²) in [7, 11) is 0. The minimum absolute atomic E-state index is 0.0180. The molecule has 0 aliphatic carbocycles. The van der Waals surface area contributed by atoms with Crippen molar-refractivity contribution in [3.05, 3.63) is 34.9 Å². The van der Waals surface area contributed by atoms with Crippen molar-refractivity contribution in [2.75, 3.05) is 13.2 Å². The Kier molecular flexibility index (Phi) is 3.90. The quantitative estimate of drug-likeness (QED) is 0.825. The van der Waals surface area contributed by atoms with E-state index in [0.717, 1.165) is 16.5 Å². The molecule has 1 heterocycles. The Morgan fingerprint density at radius 2 is 2.46 bits per heavy atom. The maximum Gasteiger partial charge on any atom is 0.0950 e. The van der Waals surface area contributed by atoms with Gasteiger partial charge < -0.3 is 10.5 Å². The smallest absolute Gasteiger partial charge is 0.0950 e. The summed E-state index contributed by atoms with van der Waals surface area (Å²) in [6.07, 6.45) is 2.66. The summed E-state index contributed by atoms with van der Waals surface area (Å²) in [5.74, 6) is 0. The Morgan fingerprint density at radius 3 is 2.92 bits per heavy atom. The van der Waals surface area contributed by atoms with E-state index in [2.05, 4.69) is 29.1 Å². The highest BCUT2D eigenvalue weighted by atomic mass is 79.9. The first-order valence-electron chi connectivity index (χ1n) is 4.22. The van der Waals surface area contributed by atoms with Gasteiger partial charge in [0.2, 0.25) is 0 Å². The molecule has 1 aliphatic heterocycles. The van der Waals surface area contributed by atoms with E-state index in [1.165, 1.54) is 5.57 Å². The second-order valence-electron chi connectivity index (χ2n) is 2.89. The second-order valence-corrected chi connectivity index (χ2v) is 3.85. The van der Waals surface area contributed by atoms with Gasteiger partial charge in [0.05, 0.1) is 12.7 Å². The Hall–Kier alpha value is -0.380. The van der Waals surface area contributed by atoms with E-state index >= 15 is 0 Å². The van der Waals surface area contributed by atoms with Crippen molar-refractivity contribution in [1.29, 1.82) is 0 Å². The number of hydrogen-bond acceptors (Lipinski definition) is 2. The highest BCUT2D eigenvalue weighted by molar-refractivity contribution is 9.11. The maximum absolute atomic E-state index is 5.58. The molecule has 0 bridgehead atoms. The van der Waals surface area contributed by atoms with Crippen LogP contribution in [0.15, 0.2) is 34.9 Å². The zero-order valence-corrected chi connectivity index (χ0v) is 9.14. The van der Waals surface area contributed by atoms with Crippen LogP contribution in [0.2, 0.25) is 0 Å². The largest absolute Gasteiger partial charge is 0.372 e. The van der Waals surface area contributed by atoms with Gasteiger partial charge in [0, 0.05) is 11.0 Å². The van der Waals surface area contributed by atoms with E-state index in [-0.39, 0.29) is 6.10 Å². The number of nitrogens with two attached hydrogens (primary N) is 1. The van der Waals surface area contributed by atoms with Crippen LogP contribution in [0.1, 0.15) is 6.42 Å². The molecule has 0 saturated carbocycles.